The van der Waals surface area contributed by atoms with Gasteiger partial charge in [-0.3, -0.25) is 4.79 Å². The van der Waals surface area contributed by atoms with Crippen LogP contribution in [-0.4, -0.2) is 18.0 Å². The molecule has 3 atom stereocenters. The van der Waals surface area contributed by atoms with Gasteiger partial charge >= 0.3 is 0 Å². The summed E-state index contributed by atoms with van der Waals surface area (Å²) in [5.41, 5.74) is 0.824. The third-order valence-corrected chi connectivity index (χ3v) is 6.12. The molecule has 3 unspecified atom stereocenters. The molecule has 5 heteroatoms. The number of thiazole rings is 1. The van der Waals surface area contributed by atoms with Gasteiger partial charge in [-0.1, -0.05) is 23.8 Å². The van der Waals surface area contributed by atoms with E-state index in [1.165, 1.54) is 37.0 Å². The van der Waals surface area contributed by atoms with Crippen molar-refractivity contribution in [2.45, 2.75) is 32.1 Å². The second kappa shape index (κ2) is 5.54. The van der Waals surface area contributed by atoms with Gasteiger partial charge in [0.05, 0.1) is 11.8 Å². The second-order valence-electron chi connectivity index (χ2n) is 6.51. The number of rotatable bonds is 4. The van der Waals surface area contributed by atoms with Gasteiger partial charge in [0.25, 0.3) is 0 Å². The van der Waals surface area contributed by atoms with Gasteiger partial charge in [0.1, 0.15) is 11.3 Å². The number of hydrogen-bond donors (Lipinski definition) is 1. The molecule has 4 rings (SSSR count). The summed E-state index contributed by atoms with van der Waals surface area (Å²) in [7, 11) is 1.64. The zero-order valence-electron chi connectivity index (χ0n) is 12.7. The van der Waals surface area contributed by atoms with Crippen molar-refractivity contribution < 1.29 is 9.53 Å². The van der Waals surface area contributed by atoms with Crippen LogP contribution in [0.4, 0.5) is 5.13 Å². The number of carbonyl (C=O) groups is 1. The first-order valence-corrected chi connectivity index (χ1v) is 8.78. The minimum Gasteiger partial charge on any atom is -0.494 e. The van der Waals surface area contributed by atoms with Crippen molar-refractivity contribution in [2.75, 3.05) is 12.4 Å². The van der Waals surface area contributed by atoms with Gasteiger partial charge in [0.2, 0.25) is 5.91 Å². The molecule has 0 radical (unpaired) electrons. The number of nitrogens with zero attached hydrogens (tertiary/aromatic N) is 1. The maximum Gasteiger partial charge on any atom is 0.226 e. The normalized spacial score (nSPS) is 26.5. The predicted octanol–water partition coefficient (Wildman–Crippen LogP) is 4.07. The van der Waals surface area contributed by atoms with Crippen molar-refractivity contribution >= 4 is 32.6 Å². The molecule has 2 bridgehead atoms. The van der Waals surface area contributed by atoms with Crippen molar-refractivity contribution in [2.24, 2.45) is 17.8 Å². The lowest BCUT2D eigenvalue weighted by Gasteiger charge is -2.20. The third kappa shape index (κ3) is 2.47. The topological polar surface area (TPSA) is 51.2 Å². The van der Waals surface area contributed by atoms with Gasteiger partial charge in [-0.05, 0) is 49.1 Å². The molecule has 0 aliphatic heterocycles. The molecular weight excluding hydrogens is 296 g/mol. The first-order chi connectivity index (χ1) is 10.7. The first kappa shape index (κ1) is 14.0. The Morgan fingerprint density at radius 2 is 2.32 bits per heavy atom. The van der Waals surface area contributed by atoms with E-state index in [0.717, 1.165) is 27.8 Å². The number of methoxy groups -OCH3 is 1. The van der Waals surface area contributed by atoms with Crippen LogP contribution in [0.25, 0.3) is 10.2 Å². The average Bonchev–Trinajstić information content (AvgIpc) is 3.20. The zero-order chi connectivity index (χ0) is 15.1. The lowest BCUT2D eigenvalue weighted by molar-refractivity contribution is -0.117. The van der Waals surface area contributed by atoms with Gasteiger partial charge in [-0.2, -0.15) is 0 Å². The first-order valence-electron chi connectivity index (χ1n) is 7.96. The number of benzene rings is 1. The molecule has 0 spiro atoms. The summed E-state index contributed by atoms with van der Waals surface area (Å²) in [6.07, 6.45) is 5.93. The van der Waals surface area contributed by atoms with Gasteiger partial charge in [0.15, 0.2) is 5.13 Å². The molecule has 116 valence electrons. The summed E-state index contributed by atoms with van der Waals surface area (Å²) in [4.78, 5) is 16.8. The van der Waals surface area contributed by atoms with Gasteiger partial charge in [-0.25, -0.2) is 4.98 Å². The zero-order valence-corrected chi connectivity index (χ0v) is 13.5. The summed E-state index contributed by atoms with van der Waals surface area (Å²) < 4.78 is 6.35. The Balaban J connectivity index is 1.45. The molecule has 22 heavy (non-hydrogen) atoms. The van der Waals surface area contributed by atoms with Crippen molar-refractivity contribution in [1.29, 1.82) is 0 Å². The maximum atomic E-state index is 12.3. The molecular formula is C17H20N2O2S. The Bertz CT molecular complexity index is 712. The average molecular weight is 316 g/mol. The van der Waals surface area contributed by atoms with E-state index in [9.17, 15) is 4.79 Å². The van der Waals surface area contributed by atoms with Gasteiger partial charge in [0, 0.05) is 6.42 Å². The molecule has 4 nitrogen and oxygen atoms in total. The number of fused-ring (bicyclic) bond motifs is 3. The summed E-state index contributed by atoms with van der Waals surface area (Å²) in [6, 6.07) is 5.84. The number of hydrogen-bond acceptors (Lipinski definition) is 4. The van der Waals surface area contributed by atoms with Crippen molar-refractivity contribution in [1.82, 2.24) is 4.98 Å². The molecule has 2 saturated carbocycles. The van der Waals surface area contributed by atoms with Crippen LogP contribution in [0.5, 0.6) is 5.75 Å². The van der Waals surface area contributed by atoms with E-state index in [2.05, 4.69) is 10.3 Å². The summed E-state index contributed by atoms with van der Waals surface area (Å²) in [6.45, 7) is 0. The summed E-state index contributed by atoms with van der Waals surface area (Å²) in [5.74, 6) is 3.11. The van der Waals surface area contributed by atoms with E-state index < -0.39 is 0 Å². The number of ether oxygens (including phenoxy) is 1. The Morgan fingerprint density at radius 1 is 1.41 bits per heavy atom. The molecule has 2 aromatic rings. The molecule has 0 saturated heterocycles. The summed E-state index contributed by atoms with van der Waals surface area (Å²) in [5, 5.41) is 3.66. The predicted molar refractivity (Wildman–Crippen MR) is 88.4 cm³/mol. The maximum absolute atomic E-state index is 12.3. The van der Waals surface area contributed by atoms with Crippen LogP contribution in [0, 0.1) is 17.8 Å². The highest BCUT2D eigenvalue weighted by Crippen LogP contribution is 2.49. The van der Waals surface area contributed by atoms with E-state index in [0.29, 0.717) is 17.5 Å². The van der Waals surface area contributed by atoms with E-state index in [4.69, 9.17) is 4.74 Å². The van der Waals surface area contributed by atoms with Gasteiger partial charge in [-0.15, -0.1) is 0 Å². The van der Waals surface area contributed by atoms with Crippen molar-refractivity contribution in [3.63, 3.8) is 0 Å². The van der Waals surface area contributed by atoms with Crippen molar-refractivity contribution in [3.05, 3.63) is 18.2 Å². The fourth-order valence-corrected chi connectivity index (χ4v) is 5.08. The number of para-hydroxylation sites is 1. The van der Waals surface area contributed by atoms with E-state index in [1.807, 2.05) is 18.2 Å². The lowest BCUT2D eigenvalue weighted by Crippen LogP contribution is -2.20. The Hall–Kier alpha value is -1.62. The number of amides is 1. The van der Waals surface area contributed by atoms with Crippen LogP contribution < -0.4 is 10.1 Å². The van der Waals surface area contributed by atoms with Crippen LogP contribution in [0.2, 0.25) is 0 Å². The van der Waals surface area contributed by atoms with Crippen molar-refractivity contribution in [3.8, 4) is 5.75 Å². The van der Waals surface area contributed by atoms with Crippen LogP contribution >= 0.6 is 11.3 Å². The number of anilines is 1. The second-order valence-corrected chi connectivity index (χ2v) is 7.54. The lowest BCUT2D eigenvalue weighted by atomic mass is 9.86. The fourth-order valence-electron chi connectivity index (χ4n) is 4.18. The smallest absolute Gasteiger partial charge is 0.226 e. The number of aromatic nitrogens is 1. The minimum absolute atomic E-state index is 0.107. The Labute approximate surface area is 133 Å². The number of nitrogens with one attached hydrogen (secondary N) is 1. The molecule has 1 heterocycles. The van der Waals surface area contributed by atoms with E-state index in [-0.39, 0.29) is 5.91 Å². The standard InChI is InChI=1S/C17H20N2O2S/c1-21-13-3-2-4-14-16(13)19-17(22-14)18-15(20)9-12-8-10-5-6-11(12)7-10/h2-4,10-12H,5-9H2,1H3,(H,18,19,20). The highest BCUT2D eigenvalue weighted by Gasteiger charge is 2.40. The monoisotopic (exact) mass is 316 g/mol. The Kier molecular flexibility index (Phi) is 3.53. The van der Waals surface area contributed by atoms with E-state index >= 15 is 0 Å². The molecule has 1 aromatic carbocycles. The molecule has 2 aliphatic carbocycles. The fraction of sp³-hybridized carbons (Fsp3) is 0.529. The largest absolute Gasteiger partial charge is 0.494 e. The molecule has 2 aliphatic rings. The minimum atomic E-state index is 0.107. The number of carbonyl (C=O) groups excluding carboxylic acids is 1. The molecule has 2 fully saturated rings. The highest BCUT2D eigenvalue weighted by atomic mass is 32.1. The Morgan fingerprint density at radius 3 is 3.05 bits per heavy atom. The van der Waals surface area contributed by atoms with Gasteiger partial charge < -0.3 is 10.1 Å². The third-order valence-electron chi connectivity index (χ3n) is 5.18. The summed E-state index contributed by atoms with van der Waals surface area (Å²) >= 11 is 1.51. The van der Waals surface area contributed by atoms with E-state index in [1.54, 1.807) is 7.11 Å². The van der Waals surface area contributed by atoms with Crippen LogP contribution in [0.3, 0.4) is 0 Å². The molecule has 1 aromatic heterocycles. The quantitative estimate of drug-likeness (QED) is 0.925. The highest BCUT2D eigenvalue weighted by molar-refractivity contribution is 7.22. The molecule has 1 N–H and O–H groups in total. The van der Waals surface area contributed by atoms with Crippen LogP contribution in [0.15, 0.2) is 18.2 Å². The van der Waals surface area contributed by atoms with Crippen LogP contribution in [-0.2, 0) is 4.79 Å². The van der Waals surface area contributed by atoms with Crippen LogP contribution in [0.1, 0.15) is 32.1 Å². The molecule has 1 amide bonds. The SMILES string of the molecule is COc1cccc2sc(NC(=O)CC3CC4CCC3C4)nc12.